The molecule has 10 heteroatoms. The molecule has 0 bridgehead atoms. The second-order valence-electron chi connectivity index (χ2n) is 9.65. The van der Waals surface area contributed by atoms with Crippen LogP contribution in [0.15, 0.2) is 28.7 Å². The van der Waals surface area contributed by atoms with E-state index in [1.54, 1.807) is 39.2 Å². The quantitative estimate of drug-likeness (QED) is 0.299. The molecule has 0 saturated heterocycles. The third kappa shape index (κ3) is 3.08. The van der Waals surface area contributed by atoms with Gasteiger partial charge in [0, 0.05) is 31.3 Å². The average Bonchev–Trinajstić information content (AvgIpc) is 2.75. The molecular formula is C25H27N3O7. The highest BCUT2D eigenvalue weighted by atomic mass is 16.3. The summed E-state index contributed by atoms with van der Waals surface area (Å²) in [5, 5.41) is 44.5. The van der Waals surface area contributed by atoms with Gasteiger partial charge in [0.05, 0.1) is 17.2 Å². The van der Waals surface area contributed by atoms with Gasteiger partial charge in [0.15, 0.2) is 11.4 Å². The molecule has 4 rings (SSSR count). The lowest BCUT2D eigenvalue weighted by atomic mass is 9.58. The molecule has 0 spiro atoms. The van der Waals surface area contributed by atoms with Crippen molar-refractivity contribution < 1.29 is 34.8 Å². The van der Waals surface area contributed by atoms with Crippen molar-refractivity contribution in [1.82, 2.24) is 4.90 Å². The number of amides is 1. The van der Waals surface area contributed by atoms with E-state index >= 15 is 0 Å². The maximum absolute atomic E-state index is 13.7. The fourth-order valence-corrected chi connectivity index (χ4v) is 5.81. The Morgan fingerprint density at radius 2 is 1.83 bits per heavy atom. The molecule has 0 aromatic heterocycles. The highest BCUT2D eigenvalue weighted by Crippen LogP contribution is 2.53. The molecule has 0 radical (unpaired) electrons. The molecule has 0 heterocycles. The maximum Gasteiger partial charge on any atom is 0.255 e. The Labute approximate surface area is 201 Å². The Balaban J connectivity index is 2.01. The molecule has 0 saturated carbocycles. The van der Waals surface area contributed by atoms with Crippen molar-refractivity contribution in [3.05, 3.63) is 45.4 Å². The van der Waals surface area contributed by atoms with Gasteiger partial charge in [-0.25, -0.2) is 0 Å². The standard InChI is InChI=1S/C25H27N3O7/c1-6-10-9-14(27(2)3)12-7-11-8-13-18(28(4)5)21(31)17(24(26)34)23(33)25(13,35)22(32)15(11)20(30)16(12)19(10)29/h1,9,11,13,18,29,31-32,35H,7-8H2,2-5H3,(H2,26,34)/t11-,13-,18?,25-/m0/s1. The number of aliphatic hydroxyl groups is 3. The van der Waals surface area contributed by atoms with Crippen molar-refractivity contribution in [2.75, 3.05) is 33.1 Å². The van der Waals surface area contributed by atoms with E-state index in [9.17, 15) is 34.8 Å². The van der Waals surface area contributed by atoms with Crippen LogP contribution in [0.3, 0.4) is 0 Å². The first-order valence-corrected chi connectivity index (χ1v) is 11.0. The number of nitrogens with two attached hydrogens (primary N) is 1. The highest BCUT2D eigenvalue weighted by molar-refractivity contribution is 6.25. The van der Waals surface area contributed by atoms with Crippen LogP contribution in [0.1, 0.15) is 27.9 Å². The number of allylic oxidation sites excluding steroid dienone is 1. The number of Topliss-reactive ketones (excluding diaryl/α,β-unsaturated/α-hetero) is 2. The number of phenolic OH excluding ortho intramolecular Hbond substituents is 1. The Bertz CT molecular complexity index is 1300. The summed E-state index contributed by atoms with van der Waals surface area (Å²) in [6.45, 7) is 0. The molecule has 1 aromatic carbocycles. The minimum atomic E-state index is -2.67. The number of primary amides is 1. The minimum absolute atomic E-state index is 0.0241. The normalized spacial score (nSPS) is 27.9. The molecule has 1 aromatic rings. The first-order chi connectivity index (χ1) is 16.3. The molecule has 1 amide bonds. The molecule has 0 fully saturated rings. The molecule has 3 aliphatic rings. The Morgan fingerprint density at radius 3 is 2.34 bits per heavy atom. The molecule has 6 N–H and O–H groups in total. The zero-order valence-electron chi connectivity index (χ0n) is 19.8. The number of carbonyl (C=O) groups excluding carboxylic acids is 3. The van der Waals surface area contributed by atoms with Crippen LogP contribution in [0, 0.1) is 24.2 Å². The summed E-state index contributed by atoms with van der Waals surface area (Å²) >= 11 is 0. The van der Waals surface area contributed by atoms with Gasteiger partial charge in [-0.05, 0) is 44.5 Å². The molecule has 1 unspecified atom stereocenters. The molecule has 3 aliphatic carbocycles. The number of aromatic hydroxyl groups is 1. The molecule has 4 atom stereocenters. The Hall–Kier alpha value is -3.81. The predicted molar refractivity (Wildman–Crippen MR) is 126 cm³/mol. The molecule has 10 nitrogen and oxygen atoms in total. The van der Waals surface area contributed by atoms with Crippen molar-refractivity contribution in [3.8, 4) is 18.1 Å². The SMILES string of the molecule is C#Cc1cc(N(C)C)c2c(c1O)C(=O)C1=C(O)[C@]3(O)C(=O)C(C(N)=O)=C(O)C(N(C)C)[C@@H]3C[C@@H]1C2. The van der Waals surface area contributed by atoms with Crippen LogP contribution in [0.25, 0.3) is 0 Å². The van der Waals surface area contributed by atoms with Crippen molar-refractivity contribution in [2.24, 2.45) is 17.6 Å². The number of terminal acetylenes is 1. The predicted octanol–water partition coefficient (Wildman–Crippen LogP) is 0.168. The monoisotopic (exact) mass is 481 g/mol. The number of benzene rings is 1. The second-order valence-corrected chi connectivity index (χ2v) is 9.65. The van der Waals surface area contributed by atoms with E-state index in [0.717, 1.165) is 0 Å². The highest BCUT2D eigenvalue weighted by Gasteiger charge is 2.63. The number of hydrogen-bond donors (Lipinski definition) is 5. The Morgan fingerprint density at radius 1 is 1.20 bits per heavy atom. The van der Waals surface area contributed by atoms with E-state index in [0.29, 0.717) is 11.3 Å². The van der Waals surface area contributed by atoms with E-state index in [2.05, 4.69) is 5.92 Å². The summed E-state index contributed by atoms with van der Waals surface area (Å²) < 4.78 is 0. The minimum Gasteiger partial charge on any atom is -0.510 e. The average molecular weight is 482 g/mol. The maximum atomic E-state index is 13.7. The molecule has 184 valence electrons. The van der Waals surface area contributed by atoms with Gasteiger partial charge in [0.25, 0.3) is 5.91 Å². The number of carbonyl (C=O) groups is 3. The van der Waals surface area contributed by atoms with Crippen molar-refractivity contribution >= 4 is 23.2 Å². The van der Waals surface area contributed by atoms with Crippen LogP contribution in [0.2, 0.25) is 0 Å². The van der Waals surface area contributed by atoms with Gasteiger partial charge in [0.2, 0.25) is 5.78 Å². The third-order valence-electron chi connectivity index (χ3n) is 7.34. The van der Waals surface area contributed by atoms with Gasteiger partial charge >= 0.3 is 0 Å². The van der Waals surface area contributed by atoms with Crippen LogP contribution in [-0.4, -0.2) is 82.6 Å². The summed E-state index contributed by atoms with van der Waals surface area (Å²) in [7, 11) is 6.68. The number of anilines is 1. The van der Waals surface area contributed by atoms with Gasteiger partial charge in [-0.2, -0.15) is 0 Å². The summed E-state index contributed by atoms with van der Waals surface area (Å²) in [5.74, 6) is -4.63. The largest absolute Gasteiger partial charge is 0.510 e. The second kappa shape index (κ2) is 7.86. The van der Waals surface area contributed by atoms with Crippen molar-refractivity contribution in [2.45, 2.75) is 24.5 Å². The Kier molecular flexibility index (Phi) is 5.46. The van der Waals surface area contributed by atoms with E-state index in [1.165, 1.54) is 4.90 Å². The van der Waals surface area contributed by atoms with Gasteiger partial charge in [0.1, 0.15) is 22.8 Å². The number of likely N-dealkylation sites (N-methyl/N-ethyl adjacent to an activating group) is 1. The molecule has 35 heavy (non-hydrogen) atoms. The smallest absolute Gasteiger partial charge is 0.255 e. The van der Waals surface area contributed by atoms with Crippen molar-refractivity contribution in [1.29, 1.82) is 0 Å². The van der Waals surface area contributed by atoms with Crippen LogP contribution in [-0.2, 0) is 16.0 Å². The third-order valence-corrected chi connectivity index (χ3v) is 7.34. The van der Waals surface area contributed by atoms with Gasteiger partial charge in [-0.3, -0.25) is 19.3 Å². The summed E-state index contributed by atoms with van der Waals surface area (Å²) in [6, 6.07) is 0.557. The van der Waals surface area contributed by atoms with E-state index in [1.807, 2.05) is 0 Å². The van der Waals surface area contributed by atoms with Crippen LogP contribution >= 0.6 is 0 Å². The van der Waals surface area contributed by atoms with Gasteiger partial charge < -0.3 is 31.1 Å². The van der Waals surface area contributed by atoms with E-state index in [-0.39, 0.29) is 29.5 Å². The first kappa shape index (κ1) is 24.3. The van der Waals surface area contributed by atoms with Crippen molar-refractivity contribution in [3.63, 3.8) is 0 Å². The van der Waals surface area contributed by atoms with Gasteiger partial charge in [-0.1, -0.05) is 5.92 Å². The topological polar surface area (TPSA) is 165 Å². The lowest BCUT2D eigenvalue weighted by molar-refractivity contribution is -0.148. The van der Waals surface area contributed by atoms with E-state index < -0.39 is 63.8 Å². The number of ketones is 2. The number of phenols is 1. The molecular weight excluding hydrogens is 454 g/mol. The number of rotatable bonds is 3. The number of nitrogens with zero attached hydrogens (tertiary/aromatic N) is 2. The first-order valence-electron chi connectivity index (χ1n) is 11.0. The summed E-state index contributed by atoms with van der Waals surface area (Å²) in [6.07, 6.45) is 5.74. The summed E-state index contributed by atoms with van der Waals surface area (Å²) in [4.78, 5) is 42.3. The lowest BCUT2D eigenvalue weighted by Crippen LogP contribution is -2.63. The lowest BCUT2D eigenvalue weighted by Gasteiger charge is -2.50. The number of hydrogen-bond acceptors (Lipinski definition) is 9. The van der Waals surface area contributed by atoms with Crippen LogP contribution in [0.5, 0.6) is 5.75 Å². The van der Waals surface area contributed by atoms with Crippen LogP contribution in [0.4, 0.5) is 5.69 Å². The zero-order chi connectivity index (χ0) is 26.1. The van der Waals surface area contributed by atoms with Crippen LogP contribution < -0.4 is 10.6 Å². The number of fused-ring (bicyclic) bond motifs is 3. The summed E-state index contributed by atoms with van der Waals surface area (Å²) in [5.41, 5.74) is 2.69. The van der Waals surface area contributed by atoms with Gasteiger partial charge in [-0.15, -0.1) is 6.42 Å². The molecule has 0 aliphatic heterocycles. The fraction of sp³-hybridized carbons (Fsp3) is 0.400. The number of aliphatic hydroxyl groups excluding tert-OH is 2. The fourth-order valence-electron chi connectivity index (χ4n) is 5.81. The zero-order valence-corrected chi connectivity index (χ0v) is 19.8. The van der Waals surface area contributed by atoms with E-state index in [4.69, 9.17) is 12.2 Å².